The Morgan fingerprint density at radius 1 is 1.36 bits per heavy atom. The second kappa shape index (κ2) is 3.95. The van der Waals surface area contributed by atoms with Crippen LogP contribution in [0, 0.1) is 4.91 Å². The van der Waals surface area contributed by atoms with Gasteiger partial charge in [-0.2, -0.15) is 4.91 Å². The van der Waals surface area contributed by atoms with Crippen LogP contribution in [0.4, 0.5) is 5.69 Å². The highest BCUT2D eigenvalue weighted by Crippen LogP contribution is 2.33. The van der Waals surface area contributed by atoms with Gasteiger partial charge in [0.05, 0.1) is 6.54 Å². The zero-order chi connectivity index (χ0) is 9.80. The van der Waals surface area contributed by atoms with Crippen molar-refractivity contribution in [3.05, 3.63) is 23.1 Å². The second-order valence-electron chi connectivity index (χ2n) is 2.85. The lowest BCUT2D eigenvalue weighted by molar-refractivity contribution is 0.174. The SMILES string of the molecule is O=NCCNc1ccc2c(c1)OCO2. The number of nitroso groups, excluding NO2 is 1. The van der Waals surface area contributed by atoms with Gasteiger partial charge < -0.3 is 14.8 Å². The number of ether oxygens (including phenoxy) is 2. The van der Waals surface area contributed by atoms with Gasteiger partial charge in [0.2, 0.25) is 6.79 Å². The van der Waals surface area contributed by atoms with Crippen molar-refractivity contribution in [1.82, 2.24) is 0 Å². The van der Waals surface area contributed by atoms with E-state index in [1.54, 1.807) is 0 Å². The van der Waals surface area contributed by atoms with Gasteiger partial charge in [0.25, 0.3) is 0 Å². The van der Waals surface area contributed by atoms with Crippen LogP contribution in [0.25, 0.3) is 0 Å². The third-order valence-corrected chi connectivity index (χ3v) is 1.90. The zero-order valence-corrected chi connectivity index (χ0v) is 7.53. The van der Waals surface area contributed by atoms with E-state index in [4.69, 9.17) is 9.47 Å². The fourth-order valence-electron chi connectivity index (χ4n) is 1.25. The Morgan fingerprint density at radius 2 is 2.21 bits per heavy atom. The van der Waals surface area contributed by atoms with Crippen molar-refractivity contribution in [1.29, 1.82) is 0 Å². The van der Waals surface area contributed by atoms with E-state index in [0.29, 0.717) is 6.54 Å². The zero-order valence-electron chi connectivity index (χ0n) is 7.53. The molecule has 1 heterocycles. The maximum Gasteiger partial charge on any atom is 0.231 e. The number of nitrogens with zero attached hydrogens (tertiary/aromatic N) is 1. The number of anilines is 1. The van der Waals surface area contributed by atoms with Crippen molar-refractivity contribution in [2.75, 3.05) is 25.2 Å². The Morgan fingerprint density at radius 3 is 3.07 bits per heavy atom. The average Bonchev–Trinajstić information content (AvgIpc) is 2.65. The van der Waals surface area contributed by atoms with E-state index in [0.717, 1.165) is 17.2 Å². The first-order chi connectivity index (χ1) is 6.90. The summed E-state index contributed by atoms with van der Waals surface area (Å²) in [6, 6.07) is 5.55. The minimum atomic E-state index is 0.258. The van der Waals surface area contributed by atoms with Crippen LogP contribution >= 0.6 is 0 Å². The normalized spacial score (nSPS) is 12.6. The lowest BCUT2D eigenvalue weighted by atomic mass is 10.3. The van der Waals surface area contributed by atoms with Crippen LogP contribution in [-0.2, 0) is 0 Å². The molecule has 0 atom stereocenters. The molecular weight excluding hydrogens is 184 g/mol. The number of hydrogen-bond acceptors (Lipinski definition) is 5. The fraction of sp³-hybridized carbons (Fsp3) is 0.333. The van der Waals surface area contributed by atoms with Crippen molar-refractivity contribution in [3.63, 3.8) is 0 Å². The molecule has 0 amide bonds. The number of fused-ring (bicyclic) bond motifs is 1. The molecular formula is C9H10N2O3. The molecule has 0 radical (unpaired) electrons. The third kappa shape index (κ3) is 1.76. The minimum Gasteiger partial charge on any atom is -0.454 e. The van der Waals surface area contributed by atoms with Crippen LogP contribution in [0.5, 0.6) is 11.5 Å². The van der Waals surface area contributed by atoms with E-state index in [1.165, 1.54) is 0 Å². The fourth-order valence-corrected chi connectivity index (χ4v) is 1.25. The minimum absolute atomic E-state index is 0.258. The summed E-state index contributed by atoms with van der Waals surface area (Å²) in [5.74, 6) is 1.48. The smallest absolute Gasteiger partial charge is 0.231 e. The molecule has 0 saturated carbocycles. The van der Waals surface area contributed by atoms with Gasteiger partial charge in [-0.15, -0.1) is 0 Å². The molecule has 0 saturated heterocycles. The molecule has 1 aliphatic heterocycles. The van der Waals surface area contributed by atoms with Gasteiger partial charge in [-0.25, -0.2) is 0 Å². The molecule has 5 nitrogen and oxygen atoms in total. The highest BCUT2D eigenvalue weighted by Gasteiger charge is 2.12. The predicted molar refractivity (Wildman–Crippen MR) is 51.7 cm³/mol. The van der Waals surface area contributed by atoms with E-state index in [-0.39, 0.29) is 13.3 Å². The average molecular weight is 194 g/mol. The molecule has 74 valence electrons. The highest BCUT2D eigenvalue weighted by atomic mass is 16.7. The monoisotopic (exact) mass is 194 g/mol. The van der Waals surface area contributed by atoms with Crippen LogP contribution in [0.15, 0.2) is 23.4 Å². The summed E-state index contributed by atoms with van der Waals surface area (Å²) in [6.45, 7) is 1.06. The largest absolute Gasteiger partial charge is 0.454 e. The molecule has 1 aromatic carbocycles. The van der Waals surface area contributed by atoms with Crippen molar-refractivity contribution in [2.45, 2.75) is 0 Å². The molecule has 0 aliphatic carbocycles. The second-order valence-corrected chi connectivity index (χ2v) is 2.85. The van der Waals surface area contributed by atoms with Gasteiger partial charge in [-0.1, -0.05) is 5.18 Å². The van der Waals surface area contributed by atoms with E-state index >= 15 is 0 Å². The maximum atomic E-state index is 9.85. The number of hydrogen-bond donors (Lipinski definition) is 1. The lowest BCUT2D eigenvalue weighted by Crippen LogP contribution is -2.03. The van der Waals surface area contributed by atoms with Crippen LogP contribution in [0.2, 0.25) is 0 Å². The third-order valence-electron chi connectivity index (χ3n) is 1.90. The predicted octanol–water partition coefficient (Wildman–Crippen LogP) is 1.59. The molecule has 2 rings (SSSR count). The van der Waals surface area contributed by atoms with Crippen LogP contribution < -0.4 is 14.8 Å². The van der Waals surface area contributed by atoms with Crippen molar-refractivity contribution >= 4 is 5.69 Å². The molecule has 14 heavy (non-hydrogen) atoms. The van der Waals surface area contributed by atoms with Gasteiger partial charge in [-0.05, 0) is 12.1 Å². The number of benzene rings is 1. The van der Waals surface area contributed by atoms with Crippen molar-refractivity contribution < 1.29 is 9.47 Å². The Labute approximate surface area is 81.0 Å². The van der Waals surface area contributed by atoms with E-state index in [2.05, 4.69) is 10.5 Å². The summed E-state index contributed by atoms with van der Waals surface area (Å²) in [5, 5.41) is 5.80. The summed E-state index contributed by atoms with van der Waals surface area (Å²) < 4.78 is 10.4. The molecule has 1 N–H and O–H groups in total. The summed E-state index contributed by atoms with van der Waals surface area (Å²) in [5.41, 5.74) is 0.901. The molecule has 0 fully saturated rings. The molecule has 1 aliphatic rings. The lowest BCUT2D eigenvalue weighted by Gasteiger charge is -2.04. The summed E-state index contributed by atoms with van der Waals surface area (Å²) in [4.78, 5) is 9.85. The Hall–Kier alpha value is -1.78. The Kier molecular flexibility index (Phi) is 2.48. The van der Waals surface area contributed by atoms with Gasteiger partial charge in [0, 0.05) is 18.3 Å². The van der Waals surface area contributed by atoms with Crippen LogP contribution in [0.3, 0.4) is 0 Å². The summed E-state index contributed by atoms with van der Waals surface area (Å²) in [7, 11) is 0. The molecule has 0 bridgehead atoms. The molecule has 0 unspecified atom stereocenters. The van der Waals surface area contributed by atoms with E-state index in [1.807, 2.05) is 18.2 Å². The number of nitrogens with one attached hydrogen (secondary N) is 1. The molecule has 5 heteroatoms. The summed E-state index contributed by atoms with van der Waals surface area (Å²) >= 11 is 0. The molecule has 0 spiro atoms. The highest BCUT2D eigenvalue weighted by molar-refractivity contribution is 5.55. The first-order valence-corrected chi connectivity index (χ1v) is 4.33. The van der Waals surface area contributed by atoms with Crippen LogP contribution in [-0.4, -0.2) is 19.9 Å². The van der Waals surface area contributed by atoms with Gasteiger partial charge in [0.15, 0.2) is 11.5 Å². The van der Waals surface area contributed by atoms with Gasteiger partial charge in [-0.3, -0.25) is 0 Å². The molecule has 1 aromatic rings. The Balaban J connectivity index is 2.01. The van der Waals surface area contributed by atoms with Crippen molar-refractivity contribution in [3.8, 4) is 11.5 Å². The van der Waals surface area contributed by atoms with Crippen LogP contribution in [0.1, 0.15) is 0 Å². The Bertz CT molecular complexity index is 341. The van der Waals surface area contributed by atoms with Crippen molar-refractivity contribution in [2.24, 2.45) is 5.18 Å². The number of rotatable bonds is 4. The van der Waals surface area contributed by atoms with Gasteiger partial charge >= 0.3 is 0 Å². The first-order valence-electron chi connectivity index (χ1n) is 4.33. The first kappa shape index (κ1) is 8.80. The topological polar surface area (TPSA) is 59.9 Å². The molecule has 0 aromatic heterocycles. The van der Waals surface area contributed by atoms with E-state index < -0.39 is 0 Å². The standard InChI is InChI=1S/C9H10N2O3/c12-11-4-3-10-7-1-2-8-9(5-7)14-6-13-8/h1-2,5,10H,3-4,6H2. The quantitative estimate of drug-likeness (QED) is 0.584. The summed E-state index contributed by atoms with van der Waals surface area (Å²) in [6.07, 6.45) is 0. The van der Waals surface area contributed by atoms with Gasteiger partial charge in [0.1, 0.15) is 0 Å². The maximum absolute atomic E-state index is 9.85. The van der Waals surface area contributed by atoms with E-state index in [9.17, 15) is 4.91 Å².